The van der Waals surface area contributed by atoms with Crippen molar-refractivity contribution in [3.63, 3.8) is 0 Å². The Morgan fingerprint density at radius 3 is 2.89 bits per heavy atom. The fraction of sp³-hybridized carbons (Fsp3) is 0.467. The number of nitrogens with one attached hydrogen (secondary N) is 1. The lowest BCUT2D eigenvalue weighted by atomic mass is 10.1. The molecule has 1 aromatic carbocycles. The first kappa shape index (κ1) is 13.4. The van der Waals surface area contributed by atoms with Crippen molar-refractivity contribution in [2.75, 3.05) is 18.0 Å². The zero-order valence-electron chi connectivity index (χ0n) is 11.3. The Hall–Kier alpha value is -0.990. The summed E-state index contributed by atoms with van der Waals surface area (Å²) in [6.07, 6.45) is 0. The van der Waals surface area contributed by atoms with Crippen molar-refractivity contribution in [1.29, 1.82) is 0 Å². The molecule has 2 rings (SSSR count). The minimum absolute atomic E-state index is 0.103. The number of benzene rings is 1. The maximum absolute atomic E-state index is 5.81. The van der Waals surface area contributed by atoms with Crippen LogP contribution in [0.3, 0.4) is 0 Å². The molecular weight excluding hydrogens is 244 g/mol. The second-order valence-electron chi connectivity index (χ2n) is 5.68. The molecule has 0 unspecified atom stereocenters. The molecule has 0 bridgehead atoms. The Labute approximate surface area is 115 Å². The van der Waals surface area contributed by atoms with Crippen LogP contribution in [0.1, 0.15) is 26.3 Å². The normalized spacial score (nSPS) is 19.3. The average molecular weight is 265 g/mol. The van der Waals surface area contributed by atoms with Crippen LogP contribution in [0.25, 0.3) is 0 Å². The van der Waals surface area contributed by atoms with Gasteiger partial charge in [-0.05, 0) is 38.0 Å². The van der Waals surface area contributed by atoms with Crippen molar-refractivity contribution in [2.45, 2.75) is 32.9 Å². The van der Waals surface area contributed by atoms with Gasteiger partial charge in [0.15, 0.2) is 0 Å². The second-order valence-corrected chi connectivity index (χ2v) is 5.90. The molecule has 1 heterocycles. The number of para-hydroxylation sites is 1. The topological polar surface area (TPSA) is 15.3 Å². The smallest absolute Gasteiger partial charge is 0.0415 e. The summed E-state index contributed by atoms with van der Waals surface area (Å²) in [4.78, 5) is 2.41. The van der Waals surface area contributed by atoms with Crippen molar-refractivity contribution in [1.82, 2.24) is 5.32 Å². The van der Waals surface area contributed by atoms with E-state index in [0.29, 0.717) is 0 Å². The third-order valence-corrected chi connectivity index (χ3v) is 3.67. The quantitative estimate of drug-likeness (QED) is 0.879. The summed E-state index contributed by atoms with van der Waals surface area (Å²) in [6, 6.07) is 8.58. The molecule has 0 aromatic heterocycles. The molecule has 2 nitrogen and oxygen atoms in total. The zero-order chi connectivity index (χ0) is 13.2. The summed E-state index contributed by atoms with van der Waals surface area (Å²) in [5.41, 5.74) is 5.63. The Balaban J connectivity index is 2.34. The molecule has 1 aliphatic rings. The number of hydrogen-bond donors (Lipinski definition) is 1. The molecule has 0 aliphatic carbocycles. The molecule has 0 fully saturated rings. The summed E-state index contributed by atoms with van der Waals surface area (Å²) < 4.78 is 0. The van der Waals surface area contributed by atoms with E-state index in [1.807, 2.05) is 0 Å². The minimum Gasteiger partial charge on any atom is -0.365 e. The number of fused-ring (bicyclic) bond motifs is 1. The van der Waals surface area contributed by atoms with E-state index in [2.05, 4.69) is 55.3 Å². The number of anilines is 1. The second kappa shape index (κ2) is 5.33. The van der Waals surface area contributed by atoms with E-state index in [9.17, 15) is 0 Å². The summed E-state index contributed by atoms with van der Waals surface area (Å²) >= 11 is 5.81. The molecule has 1 aromatic rings. The highest BCUT2D eigenvalue weighted by Crippen LogP contribution is 2.26. The van der Waals surface area contributed by atoms with Gasteiger partial charge in [0, 0.05) is 36.4 Å². The van der Waals surface area contributed by atoms with Crippen molar-refractivity contribution in [3.05, 3.63) is 40.9 Å². The Bertz CT molecular complexity index is 452. The van der Waals surface area contributed by atoms with E-state index >= 15 is 0 Å². The molecular formula is C15H21ClN2. The maximum atomic E-state index is 5.81. The molecule has 0 spiro atoms. The number of nitrogens with zero attached hydrogens (tertiary/aromatic N) is 1. The lowest BCUT2D eigenvalue weighted by Gasteiger charge is -2.32. The van der Waals surface area contributed by atoms with E-state index < -0.39 is 0 Å². The van der Waals surface area contributed by atoms with Gasteiger partial charge in [-0.25, -0.2) is 0 Å². The monoisotopic (exact) mass is 264 g/mol. The molecule has 1 N–H and O–H groups in total. The molecule has 1 aliphatic heterocycles. The molecule has 0 atom stereocenters. The van der Waals surface area contributed by atoms with Crippen LogP contribution in [0.5, 0.6) is 0 Å². The fourth-order valence-corrected chi connectivity index (χ4v) is 2.47. The molecule has 0 radical (unpaired) electrons. The van der Waals surface area contributed by atoms with Crippen LogP contribution in [0.15, 0.2) is 35.4 Å². The first-order valence-electron chi connectivity index (χ1n) is 6.35. The number of halogens is 1. The average Bonchev–Trinajstić information content (AvgIpc) is 2.47. The highest BCUT2D eigenvalue weighted by molar-refractivity contribution is 6.25. The Morgan fingerprint density at radius 2 is 2.17 bits per heavy atom. The van der Waals surface area contributed by atoms with E-state index in [-0.39, 0.29) is 5.54 Å². The molecule has 18 heavy (non-hydrogen) atoms. The van der Waals surface area contributed by atoms with Gasteiger partial charge in [-0.3, -0.25) is 0 Å². The van der Waals surface area contributed by atoms with Gasteiger partial charge in [0.1, 0.15) is 0 Å². The largest absolute Gasteiger partial charge is 0.365 e. The van der Waals surface area contributed by atoms with Crippen molar-refractivity contribution < 1.29 is 0 Å². The van der Waals surface area contributed by atoms with E-state index in [4.69, 9.17) is 11.6 Å². The highest BCUT2D eigenvalue weighted by Gasteiger charge is 2.26. The van der Waals surface area contributed by atoms with Crippen LogP contribution in [-0.2, 0) is 6.54 Å². The first-order valence-corrected chi connectivity index (χ1v) is 6.79. The lowest BCUT2D eigenvalue weighted by Crippen LogP contribution is -2.47. The van der Waals surface area contributed by atoms with Gasteiger partial charge in [0.2, 0.25) is 0 Å². The zero-order valence-corrected chi connectivity index (χ0v) is 12.1. The summed E-state index contributed by atoms with van der Waals surface area (Å²) in [7, 11) is 0. The van der Waals surface area contributed by atoms with Crippen LogP contribution >= 0.6 is 11.6 Å². The molecule has 3 heteroatoms. The summed E-state index contributed by atoms with van der Waals surface area (Å²) in [5, 5.41) is 3.60. The van der Waals surface area contributed by atoms with E-state index in [1.165, 1.54) is 16.8 Å². The Kier molecular flexibility index (Phi) is 3.98. The highest BCUT2D eigenvalue weighted by atomic mass is 35.5. The SMILES string of the molecule is C/C(=C/Cl)CN1CC(C)(C)NCc2ccccc21. The van der Waals surface area contributed by atoms with Crippen LogP contribution < -0.4 is 10.2 Å². The van der Waals surface area contributed by atoms with Crippen LogP contribution in [0.2, 0.25) is 0 Å². The van der Waals surface area contributed by atoms with Gasteiger partial charge in [0.25, 0.3) is 0 Å². The van der Waals surface area contributed by atoms with Crippen molar-refractivity contribution in [3.8, 4) is 0 Å². The van der Waals surface area contributed by atoms with Crippen LogP contribution in [0, 0.1) is 0 Å². The summed E-state index contributed by atoms with van der Waals surface area (Å²) in [6.45, 7) is 9.33. The predicted molar refractivity (Wildman–Crippen MR) is 79.2 cm³/mol. The first-order chi connectivity index (χ1) is 8.52. The Morgan fingerprint density at radius 1 is 1.44 bits per heavy atom. The van der Waals surface area contributed by atoms with Gasteiger partial charge in [-0.1, -0.05) is 29.8 Å². The van der Waals surface area contributed by atoms with Crippen LogP contribution in [-0.4, -0.2) is 18.6 Å². The minimum atomic E-state index is 0.103. The fourth-order valence-electron chi connectivity index (χ4n) is 2.40. The third-order valence-electron chi connectivity index (χ3n) is 3.30. The van der Waals surface area contributed by atoms with Crippen molar-refractivity contribution in [2.24, 2.45) is 0 Å². The molecule has 0 saturated heterocycles. The molecule has 0 amide bonds. The predicted octanol–water partition coefficient (Wildman–Crippen LogP) is 3.52. The van der Waals surface area contributed by atoms with Gasteiger partial charge in [0.05, 0.1) is 0 Å². The standard InChI is InChI=1S/C15H21ClN2/c1-12(8-16)10-18-11-15(2,3)17-9-13-6-4-5-7-14(13)18/h4-8,17H,9-11H2,1-3H3/b12-8-. The number of rotatable bonds is 2. The molecule has 98 valence electrons. The van der Waals surface area contributed by atoms with E-state index in [1.54, 1.807) is 5.54 Å². The third kappa shape index (κ3) is 3.06. The summed E-state index contributed by atoms with van der Waals surface area (Å²) in [5.74, 6) is 0. The lowest BCUT2D eigenvalue weighted by molar-refractivity contribution is 0.398. The maximum Gasteiger partial charge on any atom is 0.0415 e. The van der Waals surface area contributed by atoms with Gasteiger partial charge in [-0.15, -0.1) is 0 Å². The van der Waals surface area contributed by atoms with Crippen molar-refractivity contribution >= 4 is 17.3 Å². The van der Waals surface area contributed by atoms with Crippen LogP contribution in [0.4, 0.5) is 5.69 Å². The van der Waals surface area contributed by atoms with Gasteiger partial charge >= 0.3 is 0 Å². The molecule has 0 saturated carbocycles. The number of hydrogen-bond acceptors (Lipinski definition) is 2. The van der Waals surface area contributed by atoms with E-state index in [0.717, 1.165) is 19.6 Å². The van der Waals surface area contributed by atoms with Gasteiger partial charge < -0.3 is 10.2 Å². The van der Waals surface area contributed by atoms with Gasteiger partial charge in [-0.2, -0.15) is 0 Å².